The van der Waals surface area contributed by atoms with Crippen LogP contribution >= 0.6 is 0 Å². The van der Waals surface area contributed by atoms with Crippen molar-refractivity contribution in [2.75, 3.05) is 0 Å². The molecule has 0 unspecified atom stereocenters. The molecule has 0 bridgehead atoms. The van der Waals surface area contributed by atoms with Crippen LogP contribution < -0.4 is 0 Å². The summed E-state index contributed by atoms with van der Waals surface area (Å²) in [6, 6.07) is 0. The maximum Gasteiger partial charge on any atom is 0.103 e. The summed E-state index contributed by atoms with van der Waals surface area (Å²) in [4.78, 5) is 19.1. The zero-order chi connectivity index (χ0) is 4.99. The fourth-order valence-electron chi connectivity index (χ4n) is 0.102. The molecule has 40 valence electrons. The summed E-state index contributed by atoms with van der Waals surface area (Å²) >= 11 is 0. The first-order chi connectivity index (χ1) is 2.77. The fraction of sp³-hybridized carbons (Fsp3) is 0.500. The number of Topliss-reactive ketones (excluding diaryl/α,β-unsaturated/α-hetero) is 1. The molecule has 0 aliphatic rings. The SMILES string of the molecule is CC(=O)C[C-]=O.[Y].[Y]. The van der Waals surface area contributed by atoms with Crippen LogP contribution in [0.5, 0.6) is 0 Å². The van der Waals surface area contributed by atoms with Crippen molar-refractivity contribution in [2.45, 2.75) is 13.3 Å². The van der Waals surface area contributed by atoms with Gasteiger partial charge in [-0.15, -0.1) is 0 Å². The molecule has 0 aromatic carbocycles. The van der Waals surface area contributed by atoms with Crippen LogP contribution in [-0.4, -0.2) is 12.1 Å². The first-order valence-corrected chi connectivity index (χ1v) is 1.62. The van der Waals surface area contributed by atoms with Crippen LogP contribution in [0, 0.1) is 0 Å². The van der Waals surface area contributed by atoms with Gasteiger partial charge in [-0.05, 0) is 6.92 Å². The number of hydrogen-bond donors (Lipinski definition) is 0. The molecule has 0 N–H and O–H groups in total. The van der Waals surface area contributed by atoms with E-state index in [2.05, 4.69) is 0 Å². The minimum Gasteiger partial charge on any atom is -0.541 e. The minimum atomic E-state index is -0.134. The average Bonchev–Trinajstić information content (AvgIpc) is 1.35. The predicted molar refractivity (Wildman–Crippen MR) is 21.0 cm³/mol. The molecule has 4 heteroatoms. The first-order valence-electron chi connectivity index (χ1n) is 1.62. The van der Waals surface area contributed by atoms with Crippen LogP contribution in [0.15, 0.2) is 0 Å². The molecule has 0 rings (SSSR count). The summed E-state index contributed by atoms with van der Waals surface area (Å²) in [6.07, 6.45) is 1.40. The molecule has 0 aromatic rings. The Morgan fingerprint density at radius 3 is 1.88 bits per heavy atom. The molecule has 0 aliphatic heterocycles. The van der Waals surface area contributed by atoms with Crippen LogP contribution in [0.3, 0.4) is 0 Å². The molecule has 0 fully saturated rings. The van der Waals surface area contributed by atoms with Gasteiger partial charge in [-0.3, -0.25) is 6.29 Å². The van der Waals surface area contributed by atoms with Gasteiger partial charge >= 0.3 is 0 Å². The second kappa shape index (κ2) is 11.4. The van der Waals surface area contributed by atoms with Crippen LogP contribution in [0.1, 0.15) is 13.3 Å². The molecule has 0 saturated carbocycles. The Kier molecular flexibility index (Phi) is 23.1. The molecule has 0 aliphatic carbocycles. The minimum absolute atomic E-state index is 0. The van der Waals surface area contributed by atoms with E-state index in [9.17, 15) is 9.59 Å². The standard InChI is InChI=1S/C4H5O2.2Y/c1-4(6)2-3-5;;/h2H2,1H3;;/q-1;;. The second-order valence-corrected chi connectivity index (χ2v) is 1.02. The Bertz CT molecular complexity index is 72.4. The zero-order valence-corrected chi connectivity index (χ0v) is 10.4. The van der Waals surface area contributed by atoms with Gasteiger partial charge in [-0.1, -0.05) is 6.42 Å². The second-order valence-electron chi connectivity index (χ2n) is 1.02. The average molecular weight is 263 g/mol. The van der Waals surface area contributed by atoms with Crippen LogP contribution in [-0.2, 0) is 75.0 Å². The normalized spacial score (nSPS) is 5.62. The van der Waals surface area contributed by atoms with Crippen LogP contribution in [0.2, 0.25) is 0 Å². The molecule has 2 nitrogen and oxygen atoms in total. The van der Waals surface area contributed by atoms with E-state index in [1.54, 1.807) is 0 Å². The predicted octanol–water partition coefficient (Wildman–Crippen LogP) is 0.0702. The topological polar surface area (TPSA) is 34.1 Å². The number of rotatable bonds is 2. The van der Waals surface area contributed by atoms with Crippen LogP contribution in [0.4, 0.5) is 0 Å². The van der Waals surface area contributed by atoms with Gasteiger partial charge in [0.1, 0.15) is 5.78 Å². The van der Waals surface area contributed by atoms with Crippen molar-refractivity contribution < 1.29 is 75.0 Å². The Labute approximate surface area is 98.9 Å². The number of ketones is 1. The summed E-state index contributed by atoms with van der Waals surface area (Å²) < 4.78 is 0. The van der Waals surface area contributed by atoms with Gasteiger partial charge in [0.2, 0.25) is 0 Å². The Morgan fingerprint density at radius 1 is 1.50 bits per heavy atom. The molecule has 0 heterocycles. The van der Waals surface area contributed by atoms with Gasteiger partial charge < -0.3 is 9.59 Å². The first kappa shape index (κ1) is 16.3. The van der Waals surface area contributed by atoms with Crippen molar-refractivity contribution in [1.29, 1.82) is 0 Å². The van der Waals surface area contributed by atoms with Crippen molar-refractivity contribution in [2.24, 2.45) is 0 Å². The van der Waals surface area contributed by atoms with E-state index in [0.717, 1.165) is 0 Å². The summed E-state index contributed by atoms with van der Waals surface area (Å²) in [6.45, 7) is 1.35. The van der Waals surface area contributed by atoms with Crippen molar-refractivity contribution in [1.82, 2.24) is 0 Å². The number of carbonyl (C=O) groups excluding carboxylic acids is 2. The maximum atomic E-state index is 9.78. The van der Waals surface area contributed by atoms with E-state index in [4.69, 9.17) is 0 Å². The summed E-state index contributed by atoms with van der Waals surface area (Å²) in [5, 5.41) is 0. The van der Waals surface area contributed by atoms with Crippen molar-refractivity contribution in [3.63, 3.8) is 0 Å². The van der Waals surface area contributed by atoms with E-state index in [1.807, 2.05) is 0 Å². The van der Waals surface area contributed by atoms with E-state index >= 15 is 0 Å². The Hall–Kier alpha value is 1.55. The third-order valence-electron chi connectivity index (χ3n) is 0.321. The molecule has 0 aromatic heterocycles. The van der Waals surface area contributed by atoms with E-state index in [-0.39, 0.29) is 77.6 Å². The molecule has 0 atom stereocenters. The largest absolute Gasteiger partial charge is 0.541 e. The molecule has 0 saturated heterocycles. The van der Waals surface area contributed by atoms with E-state index < -0.39 is 0 Å². The maximum absolute atomic E-state index is 9.78. The molecular formula is C4H5O2Y2-. The Morgan fingerprint density at radius 2 is 1.88 bits per heavy atom. The molecule has 0 spiro atoms. The summed E-state index contributed by atoms with van der Waals surface area (Å²) in [7, 11) is 0. The summed E-state index contributed by atoms with van der Waals surface area (Å²) in [5.74, 6) is -0.134. The van der Waals surface area contributed by atoms with Gasteiger partial charge in [-0.25, -0.2) is 0 Å². The van der Waals surface area contributed by atoms with Gasteiger partial charge in [0.25, 0.3) is 0 Å². The summed E-state index contributed by atoms with van der Waals surface area (Å²) in [5.41, 5.74) is 0. The van der Waals surface area contributed by atoms with Gasteiger partial charge in [0.05, 0.1) is 0 Å². The zero-order valence-electron chi connectivity index (χ0n) is 4.68. The molecule has 2 radical (unpaired) electrons. The fourth-order valence-corrected chi connectivity index (χ4v) is 0.102. The monoisotopic (exact) mass is 263 g/mol. The Balaban J connectivity index is -0.000000125. The molecular weight excluding hydrogens is 258 g/mol. The number of carbonyl (C=O) groups is 1. The van der Waals surface area contributed by atoms with Crippen molar-refractivity contribution >= 4 is 12.1 Å². The third kappa shape index (κ3) is 15.6. The third-order valence-corrected chi connectivity index (χ3v) is 0.321. The van der Waals surface area contributed by atoms with Crippen molar-refractivity contribution in [3.05, 3.63) is 0 Å². The van der Waals surface area contributed by atoms with Crippen LogP contribution in [0.25, 0.3) is 0 Å². The van der Waals surface area contributed by atoms with Gasteiger partial charge in [0.15, 0.2) is 0 Å². The number of hydrogen-bond acceptors (Lipinski definition) is 2. The smallest absolute Gasteiger partial charge is 0.103 e. The quantitative estimate of drug-likeness (QED) is 0.522. The molecule has 8 heavy (non-hydrogen) atoms. The molecule has 0 amide bonds. The van der Waals surface area contributed by atoms with Gasteiger partial charge in [0, 0.05) is 65.4 Å². The van der Waals surface area contributed by atoms with Crippen molar-refractivity contribution in [3.8, 4) is 0 Å². The van der Waals surface area contributed by atoms with E-state index in [0.29, 0.717) is 0 Å². The van der Waals surface area contributed by atoms with E-state index in [1.165, 1.54) is 13.2 Å². The van der Waals surface area contributed by atoms with Gasteiger partial charge in [-0.2, -0.15) is 0 Å².